The van der Waals surface area contributed by atoms with E-state index in [0.717, 1.165) is 24.0 Å². The van der Waals surface area contributed by atoms with Gasteiger partial charge in [0.1, 0.15) is 5.75 Å². The number of nitrogens with one attached hydrogen (secondary N) is 1. The van der Waals surface area contributed by atoms with Crippen LogP contribution in [0.3, 0.4) is 0 Å². The van der Waals surface area contributed by atoms with E-state index in [4.69, 9.17) is 4.74 Å². The van der Waals surface area contributed by atoms with Crippen LogP contribution in [0.15, 0.2) is 18.2 Å². The molecule has 0 fully saturated rings. The molecule has 4 heteroatoms. The van der Waals surface area contributed by atoms with Gasteiger partial charge in [-0.1, -0.05) is 0 Å². The number of aryl methyl sites for hydroxylation is 1. The second kappa shape index (κ2) is 5.88. The number of fused-ring (bicyclic) bond motifs is 1. The Balaban J connectivity index is 2.06. The van der Waals surface area contributed by atoms with Crippen molar-refractivity contribution in [2.24, 2.45) is 0 Å². The lowest BCUT2D eigenvalue weighted by atomic mass is 9.90. The molecule has 4 nitrogen and oxygen atoms in total. The summed E-state index contributed by atoms with van der Waals surface area (Å²) in [5, 5.41) is 2.89. The summed E-state index contributed by atoms with van der Waals surface area (Å²) in [5.74, 6) is 0.692. The largest absolute Gasteiger partial charge is 0.481 e. The maximum atomic E-state index is 12.0. The molecule has 1 atom stereocenters. The van der Waals surface area contributed by atoms with Crippen LogP contribution < -0.4 is 10.1 Å². The fourth-order valence-corrected chi connectivity index (χ4v) is 2.43. The second-order valence-corrected chi connectivity index (χ2v) is 6.60. The number of carbonyl (C=O) groups excluding carboxylic acids is 2. The molecule has 1 N–H and O–H groups in total. The molecule has 0 heterocycles. The van der Waals surface area contributed by atoms with Crippen molar-refractivity contribution in [3.63, 3.8) is 0 Å². The molecule has 1 aliphatic rings. The second-order valence-electron chi connectivity index (χ2n) is 6.60. The fraction of sp³-hybridized carbons (Fsp3) is 0.529. The standard InChI is InChI=1S/C17H23NO3/c1-11(16(20)18-17(2,3)4)21-13-8-9-14-12(10-13)6-5-7-15(14)19/h8-11H,5-7H2,1-4H3,(H,18,20)/t11-/m1/s1. The quantitative estimate of drug-likeness (QED) is 0.931. The first-order valence-electron chi connectivity index (χ1n) is 7.41. The maximum absolute atomic E-state index is 12.0. The highest BCUT2D eigenvalue weighted by atomic mass is 16.5. The minimum Gasteiger partial charge on any atom is -0.481 e. The Morgan fingerprint density at radius 1 is 1.29 bits per heavy atom. The molecule has 0 spiro atoms. The van der Waals surface area contributed by atoms with Gasteiger partial charge in [-0.05, 0) is 64.3 Å². The summed E-state index contributed by atoms with van der Waals surface area (Å²) in [5.41, 5.74) is 1.53. The Labute approximate surface area is 125 Å². The number of amides is 1. The van der Waals surface area contributed by atoms with Crippen LogP contribution in [0.5, 0.6) is 5.75 Å². The lowest BCUT2D eigenvalue weighted by molar-refractivity contribution is -0.128. The lowest BCUT2D eigenvalue weighted by Crippen LogP contribution is -2.46. The van der Waals surface area contributed by atoms with Crippen LogP contribution in [0, 0.1) is 0 Å². The van der Waals surface area contributed by atoms with E-state index in [1.54, 1.807) is 19.1 Å². The topological polar surface area (TPSA) is 55.4 Å². The van der Waals surface area contributed by atoms with Crippen molar-refractivity contribution in [2.75, 3.05) is 0 Å². The summed E-state index contributed by atoms with van der Waals surface area (Å²) >= 11 is 0. The normalized spacial score (nSPS) is 16.1. The number of ether oxygens (including phenoxy) is 1. The Bertz CT molecular complexity index is 558. The molecule has 114 valence electrons. The van der Waals surface area contributed by atoms with Gasteiger partial charge >= 0.3 is 0 Å². The molecule has 1 aromatic rings. The van der Waals surface area contributed by atoms with Crippen LogP contribution in [0.25, 0.3) is 0 Å². The Morgan fingerprint density at radius 3 is 2.67 bits per heavy atom. The van der Waals surface area contributed by atoms with E-state index < -0.39 is 6.10 Å². The van der Waals surface area contributed by atoms with Crippen molar-refractivity contribution in [1.29, 1.82) is 0 Å². The van der Waals surface area contributed by atoms with Crippen LogP contribution >= 0.6 is 0 Å². The van der Waals surface area contributed by atoms with Crippen molar-refractivity contribution >= 4 is 11.7 Å². The smallest absolute Gasteiger partial charge is 0.261 e. The summed E-state index contributed by atoms with van der Waals surface area (Å²) in [6, 6.07) is 5.46. The average molecular weight is 289 g/mol. The van der Waals surface area contributed by atoms with Crippen molar-refractivity contribution < 1.29 is 14.3 Å². The molecule has 1 aliphatic carbocycles. The molecule has 0 radical (unpaired) electrons. The molecule has 0 aliphatic heterocycles. The maximum Gasteiger partial charge on any atom is 0.261 e. The Morgan fingerprint density at radius 2 is 2.00 bits per heavy atom. The van der Waals surface area contributed by atoms with E-state index >= 15 is 0 Å². The highest BCUT2D eigenvalue weighted by Crippen LogP contribution is 2.26. The average Bonchev–Trinajstić information content (AvgIpc) is 2.36. The van der Waals surface area contributed by atoms with E-state index in [2.05, 4.69) is 5.32 Å². The minimum absolute atomic E-state index is 0.142. The van der Waals surface area contributed by atoms with E-state index in [0.29, 0.717) is 12.2 Å². The van der Waals surface area contributed by atoms with Gasteiger partial charge in [0, 0.05) is 17.5 Å². The third-order valence-corrected chi connectivity index (χ3v) is 3.41. The monoisotopic (exact) mass is 289 g/mol. The highest BCUT2D eigenvalue weighted by Gasteiger charge is 2.22. The van der Waals surface area contributed by atoms with Gasteiger partial charge in [0.15, 0.2) is 11.9 Å². The zero-order valence-corrected chi connectivity index (χ0v) is 13.2. The van der Waals surface area contributed by atoms with Crippen LogP contribution in [0.1, 0.15) is 56.5 Å². The van der Waals surface area contributed by atoms with Gasteiger partial charge in [-0.15, -0.1) is 0 Å². The summed E-state index contributed by atoms with van der Waals surface area (Å²) in [4.78, 5) is 23.8. The first-order chi connectivity index (χ1) is 9.76. The molecule has 0 saturated heterocycles. The Kier molecular flexibility index (Phi) is 4.35. The molecule has 1 amide bonds. The van der Waals surface area contributed by atoms with Crippen LogP contribution in [-0.4, -0.2) is 23.3 Å². The number of carbonyl (C=O) groups is 2. The van der Waals surface area contributed by atoms with Crippen LogP contribution in [0.4, 0.5) is 0 Å². The van der Waals surface area contributed by atoms with Gasteiger partial charge in [0.05, 0.1) is 0 Å². The minimum atomic E-state index is -0.568. The third-order valence-electron chi connectivity index (χ3n) is 3.41. The van der Waals surface area contributed by atoms with E-state index in [1.165, 1.54) is 0 Å². The summed E-state index contributed by atoms with van der Waals surface area (Å²) in [6.07, 6.45) is 1.83. The predicted octanol–water partition coefficient (Wildman–Crippen LogP) is 2.89. The molecule has 0 unspecified atom stereocenters. The SMILES string of the molecule is C[C@@H](Oc1ccc2c(c1)CCCC2=O)C(=O)NC(C)(C)C. The van der Waals surface area contributed by atoms with Crippen molar-refractivity contribution in [3.05, 3.63) is 29.3 Å². The van der Waals surface area contributed by atoms with Crippen LogP contribution in [0.2, 0.25) is 0 Å². The number of rotatable bonds is 3. The first-order valence-corrected chi connectivity index (χ1v) is 7.41. The van der Waals surface area contributed by atoms with Crippen molar-refractivity contribution in [3.8, 4) is 5.75 Å². The van der Waals surface area contributed by atoms with E-state index in [1.807, 2.05) is 26.8 Å². The zero-order valence-electron chi connectivity index (χ0n) is 13.2. The summed E-state index contributed by atoms with van der Waals surface area (Å²) in [7, 11) is 0. The number of Topliss-reactive ketones (excluding diaryl/α,β-unsaturated/α-hetero) is 1. The molecule has 0 bridgehead atoms. The molecule has 1 aromatic carbocycles. The van der Waals surface area contributed by atoms with Crippen molar-refractivity contribution in [2.45, 2.75) is 58.6 Å². The Hall–Kier alpha value is -1.84. The fourth-order valence-electron chi connectivity index (χ4n) is 2.43. The first kappa shape index (κ1) is 15.5. The number of hydrogen-bond donors (Lipinski definition) is 1. The van der Waals surface area contributed by atoms with Gasteiger partial charge in [0.25, 0.3) is 5.91 Å². The summed E-state index contributed by atoms with van der Waals surface area (Å²) < 4.78 is 5.70. The molecular formula is C17H23NO3. The van der Waals surface area contributed by atoms with Crippen molar-refractivity contribution in [1.82, 2.24) is 5.32 Å². The molecule has 0 aromatic heterocycles. The van der Waals surface area contributed by atoms with E-state index in [9.17, 15) is 9.59 Å². The number of ketones is 1. The third kappa shape index (κ3) is 4.06. The van der Waals surface area contributed by atoms with Gasteiger partial charge in [-0.25, -0.2) is 0 Å². The van der Waals surface area contributed by atoms with Gasteiger partial charge in [-0.2, -0.15) is 0 Å². The van der Waals surface area contributed by atoms with Gasteiger partial charge in [0.2, 0.25) is 0 Å². The molecule has 0 saturated carbocycles. The zero-order chi connectivity index (χ0) is 15.6. The number of benzene rings is 1. The number of hydrogen-bond acceptors (Lipinski definition) is 3. The highest BCUT2D eigenvalue weighted by molar-refractivity contribution is 5.98. The lowest BCUT2D eigenvalue weighted by Gasteiger charge is -2.24. The summed E-state index contributed by atoms with van der Waals surface area (Å²) in [6.45, 7) is 7.53. The molecular weight excluding hydrogens is 266 g/mol. The van der Waals surface area contributed by atoms with Gasteiger partial charge < -0.3 is 10.1 Å². The predicted molar refractivity (Wildman–Crippen MR) is 81.7 cm³/mol. The molecule has 2 rings (SSSR count). The van der Waals surface area contributed by atoms with E-state index in [-0.39, 0.29) is 17.2 Å². The van der Waals surface area contributed by atoms with Crippen LogP contribution in [-0.2, 0) is 11.2 Å². The van der Waals surface area contributed by atoms with Gasteiger partial charge in [-0.3, -0.25) is 9.59 Å². The molecule has 21 heavy (non-hydrogen) atoms.